The molecule has 0 saturated carbocycles. The second-order valence-corrected chi connectivity index (χ2v) is 8.40. The maximum Gasteiger partial charge on any atom is 0.234 e. The van der Waals surface area contributed by atoms with Crippen molar-refractivity contribution in [3.05, 3.63) is 65.0 Å². The van der Waals surface area contributed by atoms with Gasteiger partial charge >= 0.3 is 0 Å². The average Bonchev–Trinajstić information content (AvgIpc) is 3.14. The fourth-order valence-corrected chi connectivity index (χ4v) is 4.09. The van der Waals surface area contributed by atoms with E-state index in [1.54, 1.807) is 0 Å². The number of amides is 1. The average molecular weight is 439 g/mol. The zero-order chi connectivity index (χ0) is 22.4. The van der Waals surface area contributed by atoms with Crippen molar-refractivity contribution in [1.82, 2.24) is 14.8 Å². The number of carbonyl (C=O) groups is 1. The Labute approximate surface area is 188 Å². The van der Waals surface area contributed by atoms with Crippen LogP contribution in [0.15, 0.2) is 47.6 Å². The Morgan fingerprint density at radius 2 is 1.87 bits per heavy atom. The molecule has 0 fully saturated rings. The second-order valence-electron chi connectivity index (χ2n) is 7.46. The van der Waals surface area contributed by atoms with Crippen LogP contribution in [0, 0.1) is 6.92 Å². The summed E-state index contributed by atoms with van der Waals surface area (Å²) in [4.78, 5) is 12.5. The van der Waals surface area contributed by atoms with Crippen LogP contribution >= 0.6 is 11.8 Å². The van der Waals surface area contributed by atoms with Gasteiger partial charge in [-0.25, -0.2) is 0 Å². The molecule has 164 valence electrons. The maximum absolute atomic E-state index is 12.5. The van der Waals surface area contributed by atoms with Crippen LogP contribution in [0.5, 0.6) is 5.75 Å². The molecule has 0 radical (unpaired) electrons. The smallest absolute Gasteiger partial charge is 0.234 e. The maximum atomic E-state index is 12.5. The van der Waals surface area contributed by atoms with Gasteiger partial charge in [-0.15, -0.1) is 10.2 Å². The molecule has 0 spiro atoms. The summed E-state index contributed by atoms with van der Waals surface area (Å²) in [6, 6.07) is 14.1. The van der Waals surface area contributed by atoms with Crippen molar-refractivity contribution in [3.8, 4) is 5.75 Å². The lowest BCUT2D eigenvalue weighted by atomic mass is 10.1. The molecule has 1 aromatic heterocycles. The number of thioether (sulfide) groups is 1. The number of ether oxygens (including phenoxy) is 1. The van der Waals surface area contributed by atoms with E-state index in [-0.39, 0.29) is 17.8 Å². The topological polar surface area (TPSA) is 69.0 Å². The van der Waals surface area contributed by atoms with E-state index >= 15 is 0 Å². The summed E-state index contributed by atoms with van der Waals surface area (Å²) < 4.78 is 7.91. The van der Waals surface area contributed by atoms with Crippen molar-refractivity contribution < 1.29 is 9.53 Å². The van der Waals surface area contributed by atoms with E-state index in [4.69, 9.17) is 4.74 Å². The molecule has 31 heavy (non-hydrogen) atoms. The predicted octanol–water partition coefficient (Wildman–Crippen LogP) is 5.12. The fourth-order valence-electron chi connectivity index (χ4n) is 3.37. The first-order chi connectivity index (χ1) is 14.9. The lowest BCUT2D eigenvalue weighted by Gasteiger charge is -2.15. The third kappa shape index (κ3) is 5.67. The molecular formula is C24H30N4O2S. The number of hydrogen-bond acceptors (Lipinski definition) is 5. The summed E-state index contributed by atoms with van der Waals surface area (Å²) in [6.45, 7) is 8.17. The summed E-state index contributed by atoms with van der Waals surface area (Å²) in [6.07, 6.45) is 1.61. The number of nitrogens with zero attached hydrogens (tertiary/aromatic N) is 3. The number of aromatic nitrogens is 3. The Hall–Kier alpha value is -2.80. The number of hydrogen-bond donors (Lipinski definition) is 1. The van der Waals surface area contributed by atoms with Gasteiger partial charge in [0.05, 0.1) is 5.75 Å². The summed E-state index contributed by atoms with van der Waals surface area (Å²) >= 11 is 1.36. The van der Waals surface area contributed by atoms with Crippen molar-refractivity contribution in [2.75, 3.05) is 11.1 Å². The molecule has 3 aromatic rings. The molecule has 1 atom stereocenters. The third-order valence-corrected chi connectivity index (χ3v) is 6.23. The SMILES string of the molecule is CCc1ccc(O[C@H](C)c2nnc(SCC(=O)Nc3c(C)cccc3CC)n2C)cc1. The Bertz CT molecular complexity index is 1030. The molecule has 0 saturated heterocycles. The van der Waals surface area contributed by atoms with Crippen molar-refractivity contribution in [1.29, 1.82) is 0 Å². The predicted molar refractivity (Wildman–Crippen MR) is 126 cm³/mol. The molecule has 1 amide bonds. The van der Waals surface area contributed by atoms with E-state index in [1.807, 2.05) is 55.8 Å². The highest BCUT2D eigenvalue weighted by molar-refractivity contribution is 7.99. The van der Waals surface area contributed by atoms with E-state index in [0.29, 0.717) is 5.16 Å². The van der Waals surface area contributed by atoms with E-state index in [1.165, 1.54) is 17.3 Å². The molecule has 7 heteroatoms. The van der Waals surface area contributed by atoms with Gasteiger partial charge in [0.1, 0.15) is 5.75 Å². The minimum atomic E-state index is -0.257. The van der Waals surface area contributed by atoms with Crippen LogP contribution in [0.3, 0.4) is 0 Å². The normalized spacial score (nSPS) is 11.9. The van der Waals surface area contributed by atoms with Crippen LogP contribution in [0.1, 0.15) is 49.4 Å². The molecule has 0 unspecified atom stereocenters. The number of carbonyl (C=O) groups excluding carboxylic acids is 1. The van der Waals surface area contributed by atoms with Crippen LogP contribution in [-0.2, 0) is 24.7 Å². The lowest BCUT2D eigenvalue weighted by Crippen LogP contribution is -2.16. The molecule has 2 aromatic carbocycles. The first kappa shape index (κ1) is 22.9. The van der Waals surface area contributed by atoms with Gasteiger partial charge in [-0.2, -0.15) is 0 Å². The number of nitrogens with one attached hydrogen (secondary N) is 1. The van der Waals surface area contributed by atoms with Crippen LogP contribution in [0.4, 0.5) is 5.69 Å². The monoisotopic (exact) mass is 438 g/mol. The minimum absolute atomic E-state index is 0.0566. The van der Waals surface area contributed by atoms with Crippen LogP contribution in [0.2, 0.25) is 0 Å². The summed E-state index contributed by atoms with van der Waals surface area (Å²) in [7, 11) is 1.89. The standard InChI is InChI=1S/C24H30N4O2S/c1-6-18-11-13-20(14-12-18)30-17(4)23-26-27-24(28(23)5)31-15-21(29)25-22-16(3)9-8-10-19(22)7-2/h8-14,17H,6-7,15H2,1-5H3,(H,25,29)/t17-/m1/s1. The highest BCUT2D eigenvalue weighted by Crippen LogP contribution is 2.25. The lowest BCUT2D eigenvalue weighted by molar-refractivity contribution is -0.113. The van der Waals surface area contributed by atoms with E-state index < -0.39 is 0 Å². The van der Waals surface area contributed by atoms with Gasteiger partial charge in [0, 0.05) is 12.7 Å². The van der Waals surface area contributed by atoms with Gasteiger partial charge < -0.3 is 14.6 Å². The van der Waals surface area contributed by atoms with Crippen molar-refractivity contribution in [2.24, 2.45) is 7.05 Å². The van der Waals surface area contributed by atoms with Gasteiger partial charge in [0.25, 0.3) is 0 Å². The number of benzene rings is 2. The van der Waals surface area contributed by atoms with Gasteiger partial charge in [-0.05, 0) is 55.5 Å². The number of aryl methyl sites for hydroxylation is 3. The van der Waals surface area contributed by atoms with Crippen molar-refractivity contribution in [3.63, 3.8) is 0 Å². The highest BCUT2D eigenvalue weighted by atomic mass is 32.2. The zero-order valence-corrected chi connectivity index (χ0v) is 19.6. The Kier molecular flexibility index (Phi) is 7.74. The first-order valence-electron chi connectivity index (χ1n) is 10.6. The molecule has 1 N–H and O–H groups in total. The largest absolute Gasteiger partial charge is 0.483 e. The Morgan fingerprint density at radius 1 is 1.13 bits per heavy atom. The second kappa shape index (κ2) is 10.5. The number of rotatable bonds is 9. The Morgan fingerprint density at radius 3 is 2.55 bits per heavy atom. The highest BCUT2D eigenvalue weighted by Gasteiger charge is 2.18. The zero-order valence-electron chi connectivity index (χ0n) is 18.8. The molecule has 1 heterocycles. The molecule has 0 bridgehead atoms. The summed E-state index contributed by atoms with van der Waals surface area (Å²) in [5, 5.41) is 12.3. The van der Waals surface area contributed by atoms with Gasteiger partial charge in [0.2, 0.25) is 5.91 Å². The third-order valence-electron chi connectivity index (χ3n) is 5.21. The molecule has 0 aliphatic rings. The fraction of sp³-hybridized carbons (Fsp3) is 0.375. The van der Waals surface area contributed by atoms with E-state index in [0.717, 1.165) is 41.2 Å². The van der Waals surface area contributed by atoms with Crippen molar-refractivity contribution in [2.45, 2.75) is 51.8 Å². The van der Waals surface area contributed by atoms with E-state index in [2.05, 4.69) is 41.5 Å². The van der Waals surface area contributed by atoms with E-state index in [9.17, 15) is 4.79 Å². The van der Waals surface area contributed by atoms with Gasteiger partial charge in [0.15, 0.2) is 17.1 Å². The summed E-state index contributed by atoms with van der Waals surface area (Å²) in [5.41, 5.74) is 4.38. The van der Waals surface area contributed by atoms with Crippen LogP contribution < -0.4 is 10.1 Å². The van der Waals surface area contributed by atoms with Gasteiger partial charge in [-0.3, -0.25) is 4.79 Å². The quantitative estimate of drug-likeness (QED) is 0.470. The molecule has 0 aliphatic carbocycles. The van der Waals surface area contributed by atoms with Crippen molar-refractivity contribution >= 4 is 23.4 Å². The number of anilines is 1. The minimum Gasteiger partial charge on any atom is -0.483 e. The molecular weight excluding hydrogens is 408 g/mol. The summed E-state index contributed by atoms with van der Waals surface area (Å²) in [5.74, 6) is 1.72. The van der Waals surface area contributed by atoms with Crippen LogP contribution in [-0.4, -0.2) is 26.4 Å². The first-order valence-corrected chi connectivity index (χ1v) is 11.6. The molecule has 3 rings (SSSR count). The molecule has 6 nitrogen and oxygen atoms in total. The number of para-hydroxylation sites is 1. The van der Waals surface area contributed by atoms with Gasteiger partial charge in [-0.1, -0.05) is 55.9 Å². The van der Waals surface area contributed by atoms with Crippen LogP contribution in [0.25, 0.3) is 0 Å². The Balaban J connectivity index is 1.60. The molecule has 0 aliphatic heterocycles.